The molecule has 0 atom stereocenters. The molecule has 0 unspecified atom stereocenters. The molecule has 18 heavy (non-hydrogen) atoms. The van der Waals surface area contributed by atoms with E-state index in [4.69, 9.17) is 4.74 Å². The van der Waals surface area contributed by atoms with Crippen LogP contribution in [0.4, 0.5) is 11.4 Å². The van der Waals surface area contributed by atoms with Gasteiger partial charge in [0.15, 0.2) is 0 Å². The maximum Gasteiger partial charge on any atom is 0.0642 e. The van der Waals surface area contributed by atoms with Crippen molar-refractivity contribution in [3.05, 3.63) is 36.4 Å². The van der Waals surface area contributed by atoms with Crippen molar-refractivity contribution in [2.75, 3.05) is 43.1 Å². The highest BCUT2D eigenvalue weighted by Crippen LogP contribution is 2.19. The number of rotatable bonds is 5. The van der Waals surface area contributed by atoms with Crippen LogP contribution in [0.5, 0.6) is 0 Å². The molecule has 1 fully saturated rings. The predicted octanol–water partition coefficient (Wildman–Crippen LogP) is 2.90. The maximum absolute atomic E-state index is 5.36. The third-order valence-corrected chi connectivity index (χ3v) is 3.12. The molecular weight excluding hydrogens is 224 g/mol. The summed E-state index contributed by atoms with van der Waals surface area (Å²) < 4.78 is 5.36. The Labute approximate surface area is 109 Å². The summed E-state index contributed by atoms with van der Waals surface area (Å²) in [6, 6.07) is 8.63. The molecule has 1 aromatic rings. The molecule has 1 heterocycles. The van der Waals surface area contributed by atoms with Gasteiger partial charge in [-0.15, -0.1) is 6.58 Å². The van der Waals surface area contributed by atoms with Crippen LogP contribution >= 0.6 is 0 Å². The van der Waals surface area contributed by atoms with Crippen LogP contribution in [0, 0.1) is 0 Å². The summed E-state index contributed by atoms with van der Waals surface area (Å²) in [7, 11) is 0. The largest absolute Gasteiger partial charge is 0.385 e. The van der Waals surface area contributed by atoms with Gasteiger partial charge in [0.2, 0.25) is 0 Å². The molecule has 0 amide bonds. The van der Waals surface area contributed by atoms with Crippen molar-refractivity contribution in [3.8, 4) is 0 Å². The topological polar surface area (TPSA) is 24.5 Å². The molecule has 0 radical (unpaired) electrons. The van der Waals surface area contributed by atoms with Crippen molar-refractivity contribution in [1.82, 2.24) is 0 Å². The Morgan fingerprint density at radius 3 is 2.56 bits per heavy atom. The van der Waals surface area contributed by atoms with E-state index >= 15 is 0 Å². The summed E-state index contributed by atoms with van der Waals surface area (Å²) in [5.41, 5.74) is 3.67. The van der Waals surface area contributed by atoms with Gasteiger partial charge in [0, 0.05) is 31.0 Å². The van der Waals surface area contributed by atoms with Crippen LogP contribution in [-0.4, -0.2) is 32.8 Å². The van der Waals surface area contributed by atoms with Gasteiger partial charge in [-0.05, 0) is 37.6 Å². The Hall–Kier alpha value is -1.48. The zero-order valence-corrected chi connectivity index (χ0v) is 11.1. The molecular formula is C15H22N2O. The summed E-state index contributed by atoms with van der Waals surface area (Å²) in [5.74, 6) is 0. The monoisotopic (exact) mass is 246 g/mol. The van der Waals surface area contributed by atoms with E-state index in [2.05, 4.69) is 48.0 Å². The van der Waals surface area contributed by atoms with E-state index in [-0.39, 0.29) is 0 Å². The van der Waals surface area contributed by atoms with Gasteiger partial charge in [-0.1, -0.05) is 5.57 Å². The summed E-state index contributed by atoms with van der Waals surface area (Å²) in [6.45, 7) is 10.6. The van der Waals surface area contributed by atoms with Crippen molar-refractivity contribution in [2.45, 2.75) is 13.3 Å². The van der Waals surface area contributed by atoms with Crippen LogP contribution in [-0.2, 0) is 4.74 Å². The smallest absolute Gasteiger partial charge is 0.0642 e. The molecule has 2 rings (SSSR count). The van der Waals surface area contributed by atoms with Crippen molar-refractivity contribution >= 4 is 11.4 Å². The minimum Gasteiger partial charge on any atom is -0.385 e. The number of anilines is 2. The molecule has 1 aromatic carbocycles. The fourth-order valence-electron chi connectivity index (χ4n) is 2.03. The number of ether oxygens (including phenoxy) is 1. The first kappa shape index (κ1) is 13.0. The molecule has 3 nitrogen and oxygen atoms in total. The van der Waals surface area contributed by atoms with Crippen LogP contribution in [0.2, 0.25) is 0 Å². The van der Waals surface area contributed by atoms with Crippen molar-refractivity contribution in [3.63, 3.8) is 0 Å². The number of hydrogen-bond donors (Lipinski definition) is 1. The van der Waals surface area contributed by atoms with Crippen LogP contribution in [0.1, 0.15) is 13.3 Å². The predicted molar refractivity (Wildman–Crippen MR) is 77.4 cm³/mol. The first-order valence-corrected chi connectivity index (χ1v) is 6.57. The van der Waals surface area contributed by atoms with Gasteiger partial charge in [0.1, 0.15) is 0 Å². The van der Waals surface area contributed by atoms with Gasteiger partial charge < -0.3 is 15.0 Å². The number of nitrogens with zero attached hydrogens (tertiary/aromatic N) is 1. The lowest BCUT2D eigenvalue weighted by Crippen LogP contribution is -2.36. The van der Waals surface area contributed by atoms with Crippen LogP contribution < -0.4 is 10.2 Å². The Bertz CT molecular complexity index is 380. The average Bonchev–Trinajstić information content (AvgIpc) is 2.40. The lowest BCUT2D eigenvalue weighted by molar-refractivity contribution is 0.122. The van der Waals surface area contributed by atoms with E-state index in [1.807, 2.05) is 0 Å². The Kier molecular flexibility index (Phi) is 4.65. The fraction of sp³-hybridized carbons (Fsp3) is 0.467. The molecule has 0 aliphatic carbocycles. The SMILES string of the molecule is C=C(C)CCNc1ccc(N2CCOCC2)cc1. The zero-order valence-electron chi connectivity index (χ0n) is 11.1. The summed E-state index contributed by atoms with van der Waals surface area (Å²) >= 11 is 0. The highest BCUT2D eigenvalue weighted by atomic mass is 16.5. The van der Waals surface area contributed by atoms with Gasteiger partial charge in [0.05, 0.1) is 13.2 Å². The highest BCUT2D eigenvalue weighted by molar-refractivity contribution is 5.55. The third-order valence-electron chi connectivity index (χ3n) is 3.12. The maximum atomic E-state index is 5.36. The van der Waals surface area contributed by atoms with Crippen LogP contribution in [0.3, 0.4) is 0 Å². The lowest BCUT2D eigenvalue weighted by atomic mass is 10.2. The molecule has 3 heteroatoms. The molecule has 1 N–H and O–H groups in total. The number of nitrogens with one attached hydrogen (secondary N) is 1. The Morgan fingerprint density at radius 1 is 1.28 bits per heavy atom. The molecule has 0 spiro atoms. The fourth-order valence-corrected chi connectivity index (χ4v) is 2.03. The lowest BCUT2D eigenvalue weighted by Gasteiger charge is -2.28. The first-order valence-electron chi connectivity index (χ1n) is 6.57. The van der Waals surface area contributed by atoms with E-state index < -0.39 is 0 Å². The van der Waals surface area contributed by atoms with Gasteiger partial charge in [-0.2, -0.15) is 0 Å². The molecule has 1 aliphatic rings. The van der Waals surface area contributed by atoms with E-state index in [1.165, 1.54) is 16.9 Å². The van der Waals surface area contributed by atoms with Crippen molar-refractivity contribution in [1.29, 1.82) is 0 Å². The Morgan fingerprint density at radius 2 is 1.94 bits per heavy atom. The van der Waals surface area contributed by atoms with Crippen molar-refractivity contribution < 1.29 is 4.74 Å². The van der Waals surface area contributed by atoms with E-state index in [0.717, 1.165) is 39.3 Å². The van der Waals surface area contributed by atoms with Gasteiger partial charge in [-0.3, -0.25) is 0 Å². The summed E-state index contributed by atoms with van der Waals surface area (Å²) in [4.78, 5) is 2.36. The second kappa shape index (κ2) is 6.45. The molecule has 0 bridgehead atoms. The second-order valence-electron chi connectivity index (χ2n) is 4.78. The number of benzene rings is 1. The minimum atomic E-state index is 0.832. The Balaban J connectivity index is 1.86. The normalized spacial score (nSPS) is 15.5. The minimum absolute atomic E-state index is 0.832. The quantitative estimate of drug-likeness (QED) is 0.808. The highest BCUT2D eigenvalue weighted by Gasteiger charge is 2.10. The number of morpholine rings is 1. The molecule has 0 saturated carbocycles. The zero-order chi connectivity index (χ0) is 12.8. The number of hydrogen-bond acceptors (Lipinski definition) is 3. The molecule has 0 aromatic heterocycles. The van der Waals surface area contributed by atoms with Gasteiger partial charge >= 0.3 is 0 Å². The van der Waals surface area contributed by atoms with E-state index in [0.29, 0.717) is 0 Å². The third kappa shape index (κ3) is 3.77. The van der Waals surface area contributed by atoms with E-state index in [9.17, 15) is 0 Å². The molecule has 1 aliphatic heterocycles. The second-order valence-corrected chi connectivity index (χ2v) is 4.78. The van der Waals surface area contributed by atoms with Gasteiger partial charge in [-0.25, -0.2) is 0 Å². The van der Waals surface area contributed by atoms with Crippen LogP contribution in [0.15, 0.2) is 36.4 Å². The average molecular weight is 246 g/mol. The molecule has 98 valence electrons. The summed E-state index contributed by atoms with van der Waals surface area (Å²) in [5, 5.41) is 3.40. The standard InChI is InChI=1S/C15H22N2O/c1-13(2)7-8-16-14-3-5-15(6-4-14)17-9-11-18-12-10-17/h3-6,16H,1,7-12H2,2H3. The van der Waals surface area contributed by atoms with E-state index in [1.54, 1.807) is 0 Å². The summed E-state index contributed by atoms with van der Waals surface area (Å²) in [6.07, 6.45) is 1.02. The van der Waals surface area contributed by atoms with Gasteiger partial charge in [0.25, 0.3) is 0 Å². The first-order chi connectivity index (χ1) is 8.75. The molecule has 1 saturated heterocycles. The van der Waals surface area contributed by atoms with Crippen molar-refractivity contribution in [2.24, 2.45) is 0 Å². The van der Waals surface area contributed by atoms with Crippen LogP contribution in [0.25, 0.3) is 0 Å².